The van der Waals surface area contributed by atoms with Gasteiger partial charge in [0.1, 0.15) is 0 Å². The minimum absolute atomic E-state index is 0.0526. The summed E-state index contributed by atoms with van der Waals surface area (Å²) in [6, 6.07) is 9.18. The van der Waals surface area contributed by atoms with Gasteiger partial charge in [-0.1, -0.05) is 12.1 Å². The molecule has 1 aromatic heterocycles. The van der Waals surface area contributed by atoms with E-state index in [0.717, 1.165) is 4.90 Å². The normalized spacial score (nSPS) is 12.9. The van der Waals surface area contributed by atoms with Crippen molar-refractivity contribution in [2.24, 2.45) is 0 Å². The van der Waals surface area contributed by atoms with Crippen molar-refractivity contribution in [1.82, 2.24) is 4.90 Å². The molecule has 2 heterocycles. The molecule has 1 aromatic carbocycles. The second-order valence-electron chi connectivity index (χ2n) is 4.78. The Bertz CT molecular complexity index is 775. The van der Waals surface area contributed by atoms with Gasteiger partial charge in [-0.05, 0) is 24.3 Å². The van der Waals surface area contributed by atoms with Crippen LogP contribution in [0.15, 0.2) is 47.1 Å². The minimum Gasteiger partial charge on any atom is -0.457 e. The summed E-state index contributed by atoms with van der Waals surface area (Å²) in [5.41, 5.74) is 0.505. The van der Waals surface area contributed by atoms with Crippen LogP contribution >= 0.6 is 0 Å². The lowest BCUT2D eigenvalue weighted by Gasteiger charge is -2.13. The largest absolute Gasteiger partial charge is 0.457 e. The molecule has 0 saturated carbocycles. The van der Waals surface area contributed by atoms with E-state index >= 15 is 0 Å². The Balaban J connectivity index is 1.51. The first-order valence-corrected chi connectivity index (χ1v) is 6.89. The molecular formula is C16H11NO7. The van der Waals surface area contributed by atoms with E-state index in [4.69, 9.17) is 9.15 Å². The molecule has 24 heavy (non-hydrogen) atoms. The highest BCUT2D eigenvalue weighted by atomic mass is 16.6. The predicted molar refractivity (Wildman–Crippen MR) is 76.9 cm³/mol. The van der Waals surface area contributed by atoms with Gasteiger partial charge >= 0.3 is 11.9 Å². The molecule has 2 aromatic rings. The summed E-state index contributed by atoms with van der Waals surface area (Å²) in [6.07, 6.45) is 1.29. The molecule has 2 amide bonds. The second-order valence-corrected chi connectivity index (χ2v) is 4.78. The summed E-state index contributed by atoms with van der Waals surface area (Å²) in [4.78, 5) is 48.0. The van der Waals surface area contributed by atoms with Crippen LogP contribution in [0.5, 0.6) is 0 Å². The molecule has 8 heteroatoms. The van der Waals surface area contributed by atoms with Gasteiger partial charge in [0, 0.05) is 0 Å². The number of esters is 2. The van der Waals surface area contributed by atoms with Crippen molar-refractivity contribution in [3.63, 3.8) is 0 Å². The molecule has 0 unspecified atom stereocenters. The molecule has 8 nitrogen and oxygen atoms in total. The van der Waals surface area contributed by atoms with Crippen molar-refractivity contribution < 1.29 is 33.1 Å². The van der Waals surface area contributed by atoms with Crippen molar-refractivity contribution in [2.75, 3.05) is 13.3 Å². The number of benzene rings is 1. The van der Waals surface area contributed by atoms with Crippen LogP contribution in [0.4, 0.5) is 0 Å². The number of amides is 2. The lowest BCUT2D eigenvalue weighted by Crippen LogP contribution is -2.34. The fourth-order valence-corrected chi connectivity index (χ4v) is 2.12. The molecule has 0 atom stereocenters. The monoisotopic (exact) mass is 329 g/mol. The first-order valence-electron chi connectivity index (χ1n) is 6.89. The van der Waals surface area contributed by atoms with E-state index in [9.17, 15) is 19.2 Å². The summed E-state index contributed by atoms with van der Waals surface area (Å²) in [5, 5.41) is 0. The SMILES string of the molecule is O=C(COC(=O)c1ccco1)OCN1C(=O)c2ccccc2C1=O. The van der Waals surface area contributed by atoms with E-state index < -0.39 is 37.1 Å². The first-order chi connectivity index (χ1) is 11.6. The van der Waals surface area contributed by atoms with Gasteiger partial charge < -0.3 is 13.9 Å². The van der Waals surface area contributed by atoms with Gasteiger partial charge in [0.05, 0.1) is 17.4 Å². The first kappa shape index (κ1) is 15.5. The Kier molecular flexibility index (Phi) is 4.11. The van der Waals surface area contributed by atoms with Gasteiger partial charge in [-0.25, -0.2) is 14.5 Å². The predicted octanol–water partition coefficient (Wildman–Crippen LogP) is 1.23. The Morgan fingerprint density at radius 1 is 0.958 bits per heavy atom. The second kappa shape index (κ2) is 6.37. The standard InChI is InChI=1S/C16H11NO7/c18-13(8-23-16(21)12-6-3-7-22-12)24-9-17-14(19)10-4-1-2-5-11(10)15(17)20/h1-7H,8-9H2. The van der Waals surface area contributed by atoms with Crippen LogP contribution in [-0.2, 0) is 14.3 Å². The third-order valence-corrected chi connectivity index (χ3v) is 3.28. The molecule has 1 aliphatic heterocycles. The summed E-state index contributed by atoms with van der Waals surface area (Å²) in [6.45, 7) is -1.22. The number of furan rings is 1. The van der Waals surface area contributed by atoms with Crippen LogP contribution in [0, 0.1) is 0 Å². The highest BCUT2D eigenvalue weighted by Gasteiger charge is 2.35. The van der Waals surface area contributed by atoms with Crippen LogP contribution in [0.25, 0.3) is 0 Å². The van der Waals surface area contributed by atoms with Gasteiger partial charge in [0.15, 0.2) is 13.3 Å². The average molecular weight is 329 g/mol. The van der Waals surface area contributed by atoms with Crippen LogP contribution in [0.2, 0.25) is 0 Å². The summed E-state index contributed by atoms with van der Waals surface area (Å²) in [5.74, 6) is -2.86. The molecular weight excluding hydrogens is 318 g/mol. The molecule has 0 saturated heterocycles. The number of hydrogen-bond donors (Lipinski definition) is 0. The van der Waals surface area contributed by atoms with Crippen molar-refractivity contribution >= 4 is 23.8 Å². The molecule has 3 rings (SSSR count). The van der Waals surface area contributed by atoms with Gasteiger partial charge in [-0.2, -0.15) is 0 Å². The molecule has 0 aliphatic carbocycles. The Labute approximate surface area is 135 Å². The van der Waals surface area contributed by atoms with Crippen molar-refractivity contribution in [2.45, 2.75) is 0 Å². The molecule has 0 N–H and O–H groups in total. The zero-order chi connectivity index (χ0) is 17.1. The molecule has 0 radical (unpaired) electrons. The van der Waals surface area contributed by atoms with Crippen LogP contribution in [0.3, 0.4) is 0 Å². The maximum atomic E-state index is 12.1. The summed E-state index contributed by atoms with van der Waals surface area (Å²) < 4.78 is 14.3. The van der Waals surface area contributed by atoms with Crippen molar-refractivity contribution in [1.29, 1.82) is 0 Å². The zero-order valence-electron chi connectivity index (χ0n) is 12.3. The maximum absolute atomic E-state index is 12.1. The lowest BCUT2D eigenvalue weighted by atomic mass is 10.1. The lowest BCUT2D eigenvalue weighted by molar-refractivity contribution is -0.149. The topological polar surface area (TPSA) is 103 Å². The van der Waals surface area contributed by atoms with Gasteiger partial charge in [0.2, 0.25) is 5.76 Å². The quantitative estimate of drug-likeness (QED) is 0.600. The number of carbonyl (C=O) groups excluding carboxylic acids is 4. The smallest absolute Gasteiger partial charge is 0.374 e. The van der Waals surface area contributed by atoms with Gasteiger partial charge in [-0.15, -0.1) is 0 Å². The van der Waals surface area contributed by atoms with E-state index in [1.807, 2.05) is 0 Å². The minimum atomic E-state index is -0.897. The number of ether oxygens (including phenoxy) is 2. The molecule has 1 aliphatic rings. The fraction of sp³-hybridized carbons (Fsp3) is 0.125. The number of carbonyl (C=O) groups is 4. The number of fused-ring (bicyclic) bond motifs is 1. The van der Waals surface area contributed by atoms with E-state index in [-0.39, 0.29) is 16.9 Å². The third-order valence-electron chi connectivity index (χ3n) is 3.28. The Hall–Kier alpha value is -3.42. The van der Waals surface area contributed by atoms with E-state index in [0.29, 0.717) is 0 Å². The van der Waals surface area contributed by atoms with Crippen molar-refractivity contribution in [3.05, 3.63) is 59.5 Å². The van der Waals surface area contributed by atoms with E-state index in [1.54, 1.807) is 12.1 Å². The zero-order valence-corrected chi connectivity index (χ0v) is 12.3. The maximum Gasteiger partial charge on any atom is 0.374 e. The number of hydrogen-bond acceptors (Lipinski definition) is 7. The van der Waals surface area contributed by atoms with Gasteiger partial charge in [0.25, 0.3) is 11.8 Å². The van der Waals surface area contributed by atoms with Crippen LogP contribution < -0.4 is 0 Å². The van der Waals surface area contributed by atoms with E-state index in [2.05, 4.69) is 4.74 Å². The number of imide groups is 1. The van der Waals surface area contributed by atoms with Gasteiger partial charge in [-0.3, -0.25) is 9.59 Å². The molecule has 0 spiro atoms. The Morgan fingerprint density at radius 3 is 2.21 bits per heavy atom. The van der Waals surface area contributed by atoms with Crippen molar-refractivity contribution in [3.8, 4) is 0 Å². The third kappa shape index (κ3) is 2.89. The van der Waals surface area contributed by atoms with E-state index in [1.165, 1.54) is 30.5 Å². The molecule has 0 fully saturated rings. The summed E-state index contributed by atoms with van der Waals surface area (Å²) >= 11 is 0. The Morgan fingerprint density at radius 2 is 1.62 bits per heavy atom. The molecule has 0 bridgehead atoms. The van der Waals surface area contributed by atoms with Crippen LogP contribution in [-0.4, -0.2) is 42.0 Å². The highest BCUT2D eigenvalue weighted by Crippen LogP contribution is 2.22. The molecule has 122 valence electrons. The fourth-order valence-electron chi connectivity index (χ4n) is 2.12. The summed E-state index contributed by atoms with van der Waals surface area (Å²) in [7, 11) is 0. The highest BCUT2D eigenvalue weighted by molar-refractivity contribution is 6.21. The number of rotatable bonds is 5. The van der Waals surface area contributed by atoms with Crippen LogP contribution in [0.1, 0.15) is 31.3 Å². The number of nitrogens with zero attached hydrogens (tertiary/aromatic N) is 1. The average Bonchev–Trinajstić information content (AvgIpc) is 3.20.